The number of halogens is 4. The number of nitro benzene ring substituents is 1. The summed E-state index contributed by atoms with van der Waals surface area (Å²) in [4.78, 5) is 36.5. The molecule has 2 aromatic rings. The summed E-state index contributed by atoms with van der Waals surface area (Å²) < 4.78 is 13.2. The van der Waals surface area contributed by atoms with Gasteiger partial charge in [-0.2, -0.15) is 0 Å². The molecule has 156 valence electrons. The van der Waals surface area contributed by atoms with Gasteiger partial charge >= 0.3 is 11.8 Å². The van der Waals surface area contributed by atoms with Gasteiger partial charge in [0.05, 0.1) is 16.7 Å². The van der Waals surface area contributed by atoms with Gasteiger partial charge in [-0.25, -0.2) is 9.18 Å². The zero-order valence-corrected chi connectivity index (χ0v) is 18.0. The Balaban J connectivity index is 0.00000420. The quantitative estimate of drug-likeness (QED) is 0.351. The van der Waals surface area contributed by atoms with Crippen LogP contribution in [-0.4, -0.2) is 30.9 Å². The van der Waals surface area contributed by atoms with Gasteiger partial charge in [-0.15, -0.1) is 12.4 Å². The molecule has 0 N–H and O–H groups in total. The largest absolute Gasteiger partial charge is 0.393 e. The Kier molecular flexibility index (Phi) is 7.73. The molecule has 0 radical (unpaired) electrons. The summed E-state index contributed by atoms with van der Waals surface area (Å²) in [7, 11) is 0. The summed E-state index contributed by atoms with van der Waals surface area (Å²) in [6, 6.07) is 10.2. The number of amides is 2. The van der Waals surface area contributed by atoms with Crippen molar-refractivity contribution in [2.24, 2.45) is 0 Å². The van der Waals surface area contributed by atoms with E-state index in [-0.39, 0.29) is 23.5 Å². The highest BCUT2D eigenvalue weighted by Gasteiger charge is 2.57. The van der Waals surface area contributed by atoms with Gasteiger partial charge in [-0.05, 0) is 43.1 Å². The molecule has 7 nitrogen and oxygen atoms in total. The van der Waals surface area contributed by atoms with Crippen LogP contribution in [0, 0.1) is 15.9 Å². The van der Waals surface area contributed by atoms with Crippen molar-refractivity contribution in [2.45, 2.75) is 26.3 Å². The zero-order chi connectivity index (χ0) is 21.3. The predicted molar refractivity (Wildman–Crippen MR) is 109 cm³/mol. The molecule has 2 rings (SSSR count). The minimum Gasteiger partial charge on any atom is -0.262 e. The molecule has 0 bridgehead atoms. The second-order valence-corrected chi connectivity index (χ2v) is 7.66. The summed E-state index contributed by atoms with van der Waals surface area (Å²) in [5, 5.41) is 11.2. The number of carbonyl (C=O) groups is 2. The fourth-order valence-corrected chi connectivity index (χ4v) is 3.03. The van der Waals surface area contributed by atoms with E-state index in [4.69, 9.17) is 23.6 Å². The van der Waals surface area contributed by atoms with Gasteiger partial charge < -0.3 is 0 Å². The summed E-state index contributed by atoms with van der Waals surface area (Å²) >= 11 is 12.7. The minimum absolute atomic E-state index is 0. The standard InChI is InChI=1S/C18H17Cl2FN3O4.ClH/c1-18(2,3)24(20,17(26)12-8-4-6-10-14(12)21)22(19)16(25)13-9-5-7-11-15(13)23(27)28;/h4-11H,1-3H3;1H/q+1;. The van der Waals surface area contributed by atoms with Crippen molar-refractivity contribution in [3.05, 3.63) is 75.6 Å². The van der Waals surface area contributed by atoms with E-state index in [0.717, 1.165) is 12.1 Å². The normalized spacial score (nSPS) is 13.0. The lowest BCUT2D eigenvalue weighted by molar-refractivity contribution is -0.871. The van der Waals surface area contributed by atoms with Gasteiger partial charge in [0.15, 0.2) is 0 Å². The van der Waals surface area contributed by atoms with Crippen LogP contribution in [0.1, 0.15) is 41.5 Å². The van der Waals surface area contributed by atoms with Crippen LogP contribution in [-0.2, 0) is 0 Å². The summed E-state index contributed by atoms with van der Waals surface area (Å²) in [5.41, 5.74) is -2.47. The molecule has 0 spiro atoms. The average molecular weight is 466 g/mol. The number of nitro groups is 1. The first-order valence-corrected chi connectivity index (χ1v) is 8.73. The van der Waals surface area contributed by atoms with Crippen molar-refractivity contribution in [1.29, 1.82) is 0 Å². The zero-order valence-electron chi connectivity index (χ0n) is 15.6. The molecule has 0 aliphatic rings. The van der Waals surface area contributed by atoms with Crippen LogP contribution in [0.15, 0.2) is 48.5 Å². The fourth-order valence-electron chi connectivity index (χ4n) is 2.48. The smallest absolute Gasteiger partial charge is 0.262 e. The molecule has 0 fully saturated rings. The molecule has 29 heavy (non-hydrogen) atoms. The molecule has 0 saturated carbocycles. The van der Waals surface area contributed by atoms with Crippen LogP contribution >= 0.6 is 36.0 Å². The van der Waals surface area contributed by atoms with E-state index in [1.165, 1.54) is 57.2 Å². The number of rotatable bonds is 3. The maximum Gasteiger partial charge on any atom is 0.393 e. The van der Waals surface area contributed by atoms with Crippen LogP contribution in [0.2, 0.25) is 0 Å². The van der Waals surface area contributed by atoms with E-state index in [1.807, 2.05) is 0 Å². The lowest BCUT2D eigenvalue weighted by Crippen LogP contribution is -2.64. The molecular formula is C18H18Cl3FN3O4+. The minimum atomic E-state index is -1.37. The molecule has 0 aliphatic carbocycles. The lowest BCUT2D eigenvalue weighted by atomic mass is 10.1. The van der Waals surface area contributed by atoms with Crippen molar-refractivity contribution in [1.82, 2.24) is 4.53 Å². The number of hydrogen-bond donors (Lipinski definition) is 0. The third kappa shape index (κ3) is 4.51. The van der Waals surface area contributed by atoms with Gasteiger partial charge in [0.2, 0.25) is 11.8 Å². The van der Waals surface area contributed by atoms with E-state index < -0.39 is 37.9 Å². The second kappa shape index (κ2) is 9.04. The molecule has 2 amide bonds. The Morgan fingerprint density at radius 2 is 1.55 bits per heavy atom. The van der Waals surface area contributed by atoms with Gasteiger partial charge in [0, 0.05) is 6.07 Å². The van der Waals surface area contributed by atoms with Crippen LogP contribution in [0.3, 0.4) is 0 Å². The number of carbonyl (C=O) groups excluding carboxylic acids is 2. The highest BCUT2D eigenvalue weighted by atomic mass is 35.5. The van der Waals surface area contributed by atoms with E-state index in [1.54, 1.807) is 0 Å². The van der Waals surface area contributed by atoms with Crippen LogP contribution < -0.4 is 0 Å². The molecule has 1 atom stereocenters. The molecule has 11 heteroatoms. The van der Waals surface area contributed by atoms with Gasteiger partial charge in [-0.3, -0.25) is 14.9 Å². The Hall–Kier alpha value is -2.26. The molecule has 0 saturated heterocycles. The summed E-state index contributed by atoms with van der Waals surface area (Å²) in [5.74, 6) is -2.93. The first-order chi connectivity index (χ1) is 12.9. The number of benzene rings is 2. The highest BCUT2D eigenvalue weighted by Crippen LogP contribution is 2.38. The van der Waals surface area contributed by atoms with Crippen molar-refractivity contribution < 1.29 is 23.0 Å². The van der Waals surface area contributed by atoms with Crippen molar-refractivity contribution in [2.75, 3.05) is 0 Å². The number of quaternary nitrogens is 1. The topological polar surface area (TPSA) is 80.5 Å². The van der Waals surface area contributed by atoms with Gasteiger partial charge in [-0.1, -0.05) is 28.8 Å². The van der Waals surface area contributed by atoms with E-state index in [0.29, 0.717) is 4.53 Å². The second-order valence-electron chi connectivity index (χ2n) is 6.85. The molecule has 0 heterocycles. The van der Waals surface area contributed by atoms with E-state index in [9.17, 15) is 24.1 Å². The Labute approximate surface area is 183 Å². The van der Waals surface area contributed by atoms with E-state index in [2.05, 4.69) is 0 Å². The van der Waals surface area contributed by atoms with E-state index >= 15 is 0 Å². The van der Waals surface area contributed by atoms with Crippen LogP contribution in [0.4, 0.5) is 10.1 Å². The van der Waals surface area contributed by atoms with Crippen molar-refractivity contribution in [3.8, 4) is 0 Å². The Morgan fingerprint density at radius 3 is 2.03 bits per heavy atom. The number of hydrogen-bond acceptors (Lipinski definition) is 4. The van der Waals surface area contributed by atoms with Gasteiger partial charge in [0.1, 0.15) is 22.5 Å². The molecule has 0 aromatic heterocycles. The fraction of sp³-hybridized carbons (Fsp3) is 0.222. The predicted octanol–water partition coefficient (Wildman–Crippen LogP) is 5.28. The summed E-state index contributed by atoms with van der Waals surface area (Å²) in [6.07, 6.45) is 0. The van der Waals surface area contributed by atoms with Gasteiger partial charge in [0.25, 0.3) is 5.69 Å². The molecular weight excluding hydrogens is 448 g/mol. The Bertz CT molecular complexity index is 952. The van der Waals surface area contributed by atoms with Crippen LogP contribution in [0.5, 0.6) is 0 Å². The highest BCUT2D eigenvalue weighted by molar-refractivity contribution is 6.27. The van der Waals surface area contributed by atoms with Crippen molar-refractivity contribution in [3.63, 3.8) is 0 Å². The third-order valence-corrected chi connectivity index (χ3v) is 5.27. The lowest BCUT2D eigenvalue weighted by Gasteiger charge is -2.40. The maximum absolute atomic E-state index is 14.2. The SMILES string of the molecule is CC(C)(C)[N+](Cl)(C(=O)c1ccccc1F)N(Cl)C(=O)c1ccccc1[N+](=O)[O-].Cl. The number of nitrogens with zero attached hydrogens (tertiary/aromatic N) is 3. The number of para-hydroxylation sites is 1. The maximum atomic E-state index is 14.2. The van der Waals surface area contributed by atoms with Crippen LogP contribution in [0.25, 0.3) is 0 Å². The average Bonchev–Trinajstić information content (AvgIpc) is 2.65. The monoisotopic (exact) mass is 464 g/mol. The molecule has 1 unspecified atom stereocenters. The first kappa shape index (κ1) is 24.8. The third-order valence-electron chi connectivity index (χ3n) is 4.00. The van der Waals surface area contributed by atoms with Crippen molar-refractivity contribution >= 4 is 53.5 Å². The Morgan fingerprint density at radius 1 is 1.07 bits per heavy atom. The molecule has 0 aliphatic heterocycles. The summed E-state index contributed by atoms with van der Waals surface area (Å²) in [6.45, 7) is 4.54. The first-order valence-electron chi connectivity index (χ1n) is 8.05. The molecule has 2 aromatic carbocycles.